The molecule has 2 saturated heterocycles. The molecule has 1 aromatic carbocycles. The molecule has 1 aromatic rings. The van der Waals surface area contributed by atoms with Crippen LogP contribution in [0.3, 0.4) is 0 Å². The molecule has 1 amide bonds. The van der Waals surface area contributed by atoms with Crippen LogP contribution in [0.5, 0.6) is 0 Å². The molecule has 2 aliphatic heterocycles. The summed E-state index contributed by atoms with van der Waals surface area (Å²) in [6.07, 6.45) is 1.42. The van der Waals surface area contributed by atoms with Gasteiger partial charge in [-0.15, -0.1) is 0 Å². The van der Waals surface area contributed by atoms with E-state index in [0.717, 1.165) is 32.8 Å². The summed E-state index contributed by atoms with van der Waals surface area (Å²) in [5, 5.41) is 9.80. The fourth-order valence-electron chi connectivity index (χ4n) is 4.51. The Labute approximate surface area is 153 Å². The third kappa shape index (κ3) is 3.26. The van der Waals surface area contributed by atoms with Gasteiger partial charge in [-0.25, -0.2) is 4.39 Å². The van der Waals surface area contributed by atoms with E-state index in [4.69, 9.17) is 4.74 Å². The minimum absolute atomic E-state index is 0.0329. The summed E-state index contributed by atoms with van der Waals surface area (Å²) >= 11 is 0. The molecular weight excluding hydrogens is 335 g/mol. The van der Waals surface area contributed by atoms with E-state index in [2.05, 4.69) is 4.90 Å². The summed E-state index contributed by atoms with van der Waals surface area (Å²) in [4.78, 5) is 17.4. The summed E-state index contributed by atoms with van der Waals surface area (Å²) in [5.41, 5.74) is -0.152. The Morgan fingerprint density at radius 3 is 2.54 bits per heavy atom. The molecule has 0 unspecified atom stereocenters. The van der Waals surface area contributed by atoms with Crippen molar-refractivity contribution in [2.24, 2.45) is 11.8 Å². The zero-order chi connectivity index (χ0) is 18.1. The predicted molar refractivity (Wildman–Crippen MR) is 95.2 cm³/mol. The number of aliphatic hydroxyl groups is 1. The Hall–Kier alpha value is -1.50. The van der Waals surface area contributed by atoms with Gasteiger partial charge in [-0.3, -0.25) is 9.69 Å². The largest absolute Gasteiger partial charge is 0.396 e. The zero-order valence-electron chi connectivity index (χ0n) is 15.1. The number of amides is 1. The molecular formula is C20H27FN2O3. The first kappa shape index (κ1) is 17.9. The van der Waals surface area contributed by atoms with Crippen molar-refractivity contribution in [1.29, 1.82) is 0 Å². The van der Waals surface area contributed by atoms with E-state index in [0.29, 0.717) is 31.5 Å². The highest BCUT2D eigenvalue weighted by Crippen LogP contribution is 2.51. The maximum Gasteiger partial charge on any atom is 0.233 e. The first-order valence-corrected chi connectivity index (χ1v) is 9.59. The number of halogens is 1. The molecule has 1 N–H and O–H groups in total. The van der Waals surface area contributed by atoms with Crippen LogP contribution in [-0.4, -0.2) is 73.4 Å². The molecule has 0 aromatic heterocycles. The van der Waals surface area contributed by atoms with Crippen LogP contribution in [0.2, 0.25) is 0 Å². The van der Waals surface area contributed by atoms with Crippen molar-refractivity contribution in [2.75, 3.05) is 52.5 Å². The molecule has 6 heteroatoms. The van der Waals surface area contributed by atoms with Crippen molar-refractivity contribution in [1.82, 2.24) is 9.80 Å². The Morgan fingerprint density at radius 1 is 1.19 bits per heavy atom. The molecule has 0 radical (unpaired) electrons. The Bertz CT molecular complexity index is 658. The predicted octanol–water partition coefficient (Wildman–Crippen LogP) is 1.26. The van der Waals surface area contributed by atoms with Gasteiger partial charge in [0.2, 0.25) is 5.91 Å². The van der Waals surface area contributed by atoms with Crippen LogP contribution in [-0.2, 0) is 14.9 Å². The minimum atomic E-state index is -0.681. The fourth-order valence-corrected chi connectivity index (χ4v) is 4.51. The smallest absolute Gasteiger partial charge is 0.233 e. The second-order valence-electron chi connectivity index (χ2n) is 7.89. The molecule has 1 saturated carbocycles. The van der Waals surface area contributed by atoms with Gasteiger partial charge in [0, 0.05) is 50.8 Å². The van der Waals surface area contributed by atoms with Crippen LogP contribution in [0.15, 0.2) is 24.3 Å². The van der Waals surface area contributed by atoms with Gasteiger partial charge in [-0.05, 0) is 24.8 Å². The van der Waals surface area contributed by atoms with E-state index >= 15 is 0 Å². The molecule has 2 atom stereocenters. The number of rotatable bonds is 5. The lowest BCUT2D eigenvalue weighted by Crippen LogP contribution is -2.42. The van der Waals surface area contributed by atoms with Crippen LogP contribution in [0.1, 0.15) is 18.4 Å². The SMILES string of the molecule is O=C(N1C[C@@H](CN2CCOCC2)[C@@H](CO)C1)C1(c2ccccc2F)CC1. The zero-order valence-corrected chi connectivity index (χ0v) is 15.1. The molecule has 5 nitrogen and oxygen atoms in total. The summed E-state index contributed by atoms with van der Waals surface area (Å²) in [5.74, 6) is 0.100. The summed E-state index contributed by atoms with van der Waals surface area (Å²) in [6.45, 7) is 5.49. The highest BCUT2D eigenvalue weighted by molar-refractivity contribution is 5.91. The average Bonchev–Trinajstić information content (AvgIpc) is 3.37. The number of carbonyl (C=O) groups is 1. The number of likely N-dealkylation sites (tertiary alicyclic amines) is 1. The van der Waals surface area contributed by atoms with Gasteiger partial charge in [0.15, 0.2) is 0 Å². The number of ether oxygens (including phenoxy) is 1. The molecule has 2 heterocycles. The Kier molecular flexibility index (Phi) is 4.99. The van der Waals surface area contributed by atoms with Crippen molar-refractivity contribution in [2.45, 2.75) is 18.3 Å². The highest BCUT2D eigenvalue weighted by Gasteiger charge is 2.55. The van der Waals surface area contributed by atoms with Crippen LogP contribution < -0.4 is 0 Å². The van der Waals surface area contributed by atoms with Gasteiger partial charge in [0.1, 0.15) is 5.82 Å². The van der Waals surface area contributed by atoms with Gasteiger partial charge in [0.05, 0.1) is 18.6 Å². The molecule has 1 aliphatic carbocycles. The fraction of sp³-hybridized carbons (Fsp3) is 0.650. The number of carbonyl (C=O) groups excluding carboxylic acids is 1. The molecule has 4 rings (SSSR count). The summed E-state index contributed by atoms with van der Waals surface area (Å²) in [6, 6.07) is 6.64. The van der Waals surface area contributed by atoms with Crippen LogP contribution in [0.25, 0.3) is 0 Å². The second kappa shape index (κ2) is 7.25. The van der Waals surface area contributed by atoms with E-state index in [1.165, 1.54) is 6.07 Å². The second-order valence-corrected chi connectivity index (χ2v) is 7.89. The van der Waals surface area contributed by atoms with Gasteiger partial charge in [-0.2, -0.15) is 0 Å². The van der Waals surface area contributed by atoms with E-state index in [1.54, 1.807) is 18.2 Å². The monoisotopic (exact) mass is 362 g/mol. The molecule has 0 bridgehead atoms. The number of hydrogen-bond acceptors (Lipinski definition) is 4. The lowest BCUT2D eigenvalue weighted by Gasteiger charge is -2.30. The van der Waals surface area contributed by atoms with Gasteiger partial charge in [-0.1, -0.05) is 18.2 Å². The first-order valence-electron chi connectivity index (χ1n) is 9.59. The average molecular weight is 362 g/mol. The number of hydrogen-bond donors (Lipinski definition) is 1. The van der Waals surface area contributed by atoms with Crippen LogP contribution in [0.4, 0.5) is 4.39 Å². The van der Waals surface area contributed by atoms with Crippen molar-refractivity contribution in [3.05, 3.63) is 35.6 Å². The van der Waals surface area contributed by atoms with Crippen molar-refractivity contribution in [3.8, 4) is 0 Å². The third-order valence-corrected chi connectivity index (χ3v) is 6.24. The van der Waals surface area contributed by atoms with E-state index in [9.17, 15) is 14.3 Å². The van der Waals surface area contributed by atoms with Crippen LogP contribution >= 0.6 is 0 Å². The van der Waals surface area contributed by atoms with E-state index in [-0.39, 0.29) is 30.2 Å². The van der Waals surface area contributed by atoms with E-state index in [1.807, 2.05) is 4.90 Å². The topological polar surface area (TPSA) is 53.0 Å². The molecule has 3 aliphatic rings. The van der Waals surface area contributed by atoms with Crippen molar-refractivity contribution < 1.29 is 19.0 Å². The molecule has 142 valence electrons. The number of aliphatic hydroxyl groups excluding tert-OH is 1. The minimum Gasteiger partial charge on any atom is -0.396 e. The Morgan fingerprint density at radius 2 is 1.88 bits per heavy atom. The molecule has 26 heavy (non-hydrogen) atoms. The quantitative estimate of drug-likeness (QED) is 0.857. The van der Waals surface area contributed by atoms with Crippen LogP contribution in [0, 0.1) is 17.7 Å². The first-order chi connectivity index (χ1) is 12.6. The lowest BCUT2D eigenvalue weighted by molar-refractivity contribution is -0.133. The molecule has 0 spiro atoms. The number of nitrogens with zero attached hydrogens (tertiary/aromatic N) is 2. The molecule has 3 fully saturated rings. The standard InChI is InChI=1S/C20H27FN2O3/c21-18-4-2-1-3-17(18)20(5-6-20)19(25)23-12-15(16(13-23)14-24)11-22-7-9-26-10-8-22/h1-4,15-16,24H,5-14H2/t15-,16-/m1/s1. The summed E-state index contributed by atoms with van der Waals surface area (Å²) in [7, 11) is 0. The van der Waals surface area contributed by atoms with Gasteiger partial charge >= 0.3 is 0 Å². The maximum absolute atomic E-state index is 14.3. The normalized spacial score (nSPS) is 28.3. The van der Waals surface area contributed by atoms with Gasteiger partial charge in [0.25, 0.3) is 0 Å². The summed E-state index contributed by atoms with van der Waals surface area (Å²) < 4.78 is 19.7. The maximum atomic E-state index is 14.3. The van der Waals surface area contributed by atoms with Crippen molar-refractivity contribution >= 4 is 5.91 Å². The number of morpholine rings is 1. The number of benzene rings is 1. The Balaban J connectivity index is 1.46. The lowest BCUT2D eigenvalue weighted by atomic mass is 9.94. The third-order valence-electron chi connectivity index (χ3n) is 6.24. The van der Waals surface area contributed by atoms with Gasteiger partial charge < -0.3 is 14.7 Å². The highest BCUT2D eigenvalue weighted by atomic mass is 19.1. The van der Waals surface area contributed by atoms with E-state index < -0.39 is 5.41 Å². The van der Waals surface area contributed by atoms with Crippen molar-refractivity contribution in [3.63, 3.8) is 0 Å².